The molecule has 0 fully saturated rings. The number of carbonyl (C=O) groups excluding carboxylic acids is 1. The number of aromatic nitrogens is 2. The van der Waals surface area contributed by atoms with Crippen molar-refractivity contribution in [3.8, 4) is 0 Å². The van der Waals surface area contributed by atoms with Gasteiger partial charge in [-0.1, -0.05) is 17.7 Å². The van der Waals surface area contributed by atoms with E-state index in [1.54, 1.807) is 36.4 Å². The Morgan fingerprint density at radius 2 is 2.09 bits per heavy atom. The van der Waals surface area contributed by atoms with Crippen molar-refractivity contribution >= 4 is 40.0 Å². The zero-order valence-electron chi connectivity index (χ0n) is 11.7. The average Bonchev–Trinajstić information content (AvgIpc) is 2.74. The summed E-state index contributed by atoms with van der Waals surface area (Å²) in [6.45, 7) is 1.81. The second-order valence-electron chi connectivity index (χ2n) is 4.93. The first-order valence-corrected chi connectivity index (χ1v) is 6.91. The zero-order chi connectivity index (χ0) is 15.9. The summed E-state index contributed by atoms with van der Waals surface area (Å²) in [5.41, 5.74) is 8.11. The van der Waals surface area contributed by atoms with Gasteiger partial charge in [-0.15, -0.1) is 0 Å². The molecular weight excluding hydrogens is 304 g/mol. The minimum absolute atomic E-state index is 0.469. The molecule has 0 aliphatic heterocycles. The van der Waals surface area contributed by atoms with Gasteiger partial charge < -0.3 is 16.0 Å². The van der Waals surface area contributed by atoms with Crippen molar-refractivity contribution in [3.63, 3.8) is 0 Å². The number of aryl methyl sites for hydroxylation is 1. The van der Waals surface area contributed by atoms with Crippen LogP contribution in [0.25, 0.3) is 11.0 Å². The number of benzene rings is 2. The van der Waals surface area contributed by atoms with Gasteiger partial charge in [0.1, 0.15) is 0 Å². The molecule has 1 aromatic heterocycles. The molecule has 0 saturated heterocycles. The molecular formula is C15H13ClN4O2. The number of halogens is 1. The van der Waals surface area contributed by atoms with Crippen LogP contribution < -0.4 is 16.7 Å². The van der Waals surface area contributed by atoms with Crippen LogP contribution in [0.4, 0.5) is 16.2 Å². The summed E-state index contributed by atoms with van der Waals surface area (Å²) in [5, 5.41) is 3.13. The molecule has 112 valence electrons. The Bertz CT molecular complexity index is 942. The summed E-state index contributed by atoms with van der Waals surface area (Å²) in [6, 6.07) is 9.45. The summed E-state index contributed by atoms with van der Waals surface area (Å²) in [5.74, 6) is 0. The van der Waals surface area contributed by atoms with E-state index in [-0.39, 0.29) is 0 Å². The molecule has 0 aliphatic carbocycles. The minimum Gasteiger partial charge on any atom is -0.398 e. The average molecular weight is 317 g/mol. The van der Waals surface area contributed by atoms with Crippen LogP contribution in [0.5, 0.6) is 0 Å². The molecule has 4 N–H and O–H groups in total. The molecule has 2 aromatic carbocycles. The molecule has 0 aliphatic rings. The van der Waals surface area contributed by atoms with E-state index in [1.165, 1.54) is 0 Å². The number of rotatable bonds is 1. The highest BCUT2D eigenvalue weighted by atomic mass is 35.5. The van der Waals surface area contributed by atoms with Crippen molar-refractivity contribution in [1.29, 1.82) is 0 Å². The van der Waals surface area contributed by atoms with Crippen LogP contribution in [0, 0.1) is 6.92 Å². The first-order chi connectivity index (χ1) is 10.5. The predicted octanol–water partition coefficient (Wildman–Crippen LogP) is 2.95. The standard InChI is InChI=1S/C15H13ClN4O2/c1-8-5-13-12(7-11(8)17)19-15(22)20(13)14(21)18-10-4-2-3-9(16)6-10/h2-7H,17H2,1H3,(H,18,21)(H,19,22). The van der Waals surface area contributed by atoms with Crippen molar-refractivity contribution in [1.82, 2.24) is 9.55 Å². The van der Waals surface area contributed by atoms with Crippen molar-refractivity contribution in [2.45, 2.75) is 6.92 Å². The van der Waals surface area contributed by atoms with Crippen LogP contribution >= 0.6 is 11.6 Å². The SMILES string of the molecule is Cc1cc2c(cc1N)[nH]c(=O)n2C(=O)Nc1cccc(Cl)c1. The predicted molar refractivity (Wildman–Crippen MR) is 87.6 cm³/mol. The molecule has 0 bridgehead atoms. The number of hydrogen-bond donors (Lipinski definition) is 3. The summed E-state index contributed by atoms with van der Waals surface area (Å²) in [7, 11) is 0. The van der Waals surface area contributed by atoms with E-state index < -0.39 is 11.7 Å². The highest BCUT2D eigenvalue weighted by molar-refractivity contribution is 6.30. The third-order valence-corrected chi connectivity index (χ3v) is 3.58. The number of H-pyrrole nitrogens is 1. The van der Waals surface area contributed by atoms with Crippen LogP contribution in [-0.2, 0) is 0 Å². The lowest BCUT2D eigenvalue weighted by Gasteiger charge is -2.07. The second kappa shape index (κ2) is 5.23. The number of nitrogens with two attached hydrogens (primary N) is 1. The van der Waals surface area contributed by atoms with Crippen LogP contribution in [0.1, 0.15) is 5.56 Å². The van der Waals surface area contributed by atoms with Crippen molar-refractivity contribution in [2.75, 3.05) is 11.1 Å². The quantitative estimate of drug-likeness (QED) is 0.602. The Balaban J connectivity index is 2.06. The van der Waals surface area contributed by atoms with Crippen molar-refractivity contribution in [2.24, 2.45) is 0 Å². The fraction of sp³-hybridized carbons (Fsp3) is 0.0667. The third kappa shape index (κ3) is 2.44. The normalized spacial score (nSPS) is 10.8. The number of aromatic amines is 1. The summed E-state index contributed by atoms with van der Waals surface area (Å²) in [6.07, 6.45) is 0. The first-order valence-electron chi connectivity index (χ1n) is 6.53. The second-order valence-corrected chi connectivity index (χ2v) is 5.37. The van der Waals surface area contributed by atoms with Gasteiger partial charge in [0.2, 0.25) is 0 Å². The van der Waals surface area contributed by atoms with Gasteiger partial charge in [-0.25, -0.2) is 14.2 Å². The molecule has 7 heteroatoms. The Hall–Kier alpha value is -2.73. The fourth-order valence-electron chi connectivity index (χ4n) is 2.22. The third-order valence-electron chi connectivity index (χ3n) is 3.35. The van der Waals surface area contributed by atoms with Crippen molar-refractivity contribution < 1.29 is 4.79 Å². The van der Waals surface area contributed by atoms with Crippen LogP contribution in [-0.4, -0.2) is 15.6 Å². The summed E-state index contributed by atoms with van der Waals surface area (Å²) < 4.78 is 1.03. The number of fused-ring (bicyclic) bond motifs is 1. The number of amides is 1. The number of anilines is 2. The minimum atomic E-state index is -0.567. The largest absolute Gasteiger partial charge is 0.398 e. The molecule has 0 atom stereocenters. The number of nitrogens with one attached hydrogen (secondary N) is 2. The monoisotopic (exact) mass is 316 g/mol. The number of carbonyl (C=O) groups is 1. The van der Waals surface area contributed by atoms with Crippen LogP contribution in [0.2, 0.25) is 5.02 Å². The van der Waals surface area contributed by atoms with Gasteiger partial charge in [0, 0.05) is 16.4 Å². The fourth-order valence-corrected chi connectivity index (χ4v) is 2.41. The number of hydrogen-bond acceptors (Lipinski definition) is 3. The molecule has 0 saturated carbocycles. The van der Waals surface area contributed by atoms with Crippen LogP contribution in [0.15, 0.2) is 41.2 Å². The maximum atomic E-state index is 12.4. The van der Waals surface area contributed by atoms with E-state index in [2.05, 4.69) is 10.3 Å². The maximum absolute atomic E-state index is 12.4. The van der Waals surface area contributed by atoms with Crippen molar-refractivity contribution in [3.05, 3.63) is 57.5 Å². The van der Waals surface area contributed by atoms with Gasteiger partial charge >= 0.3 is 11.7 Å². The lowest BCUT2D eigenvalue weighted by atomic mass is 10.2. The van der Waals surface area contributed by atoms with Gasteiger partial charge in [-0.05, 0) is 42.8 Å². The summed E-state index contributed by atoms with van der Waals surface area (Å²) >= 11 is 5.88. The Morgan fingerprint density at radius 1 is 1.32 bits per heavy atom. The number of imidazole rings is 1. The number of nitrogens with zero attached hydrogens (tertiary/aromatic N) is 1. The van der Waals surface area contributed by atoms with Crippen LogP contribution in [0.3, 0.4) is 0 Å². The zero-order valence-corrected chi connectivity index (χ0v) is 12.4. The molecule has 0 unspecified atom stereocenters. The molecule has 22 heavy (non-hydrogen) atoms. The van der Waals surface area contributed by atoms with E-state index in [1.807, 2.05) is 6.92 Å². The summed E-state index contributed by atoms with van der Waals surface area (Å²) in [4.78, 5) is 27.0. The van der Waals surface area contributed by atoms with Gasteiger partial charge in [-0.2, -0.15) is 0 Å². The molecule has 1 heterocycles. The Labute approximate surface area is 130 Å². The van der Waals surface area contributed by atoms with Gasteiger partial charge in [-0.3, -0.25) is 0 Å². The van der Waals surface area contributed by atoms with E-state index in [4.69, 9.17) is 17.3 Å². The highest BCUT2D eigenvalue weighted by Crippen LogP contribution is 2.20. The molecule has 3 rings (SSSR count). The topological polar surface area (TPSA) is 92.9 Å². The first kappa shape index (κ1) is 14.2. The molecule has 0 radical (unpaired) electrons. The lowest BCUT2D eigenvalue weighted by molar-refractivity contribution is 0.253. The van der Waals surface area contributed by atoms with E-state index in [9.17, 15) is 9.59 Å². The van der Waals surface area contributed by atoms with Gasteiger partial charge in [0.25, 0.3) is 0 Å². The molecule has 1 amide bonds. The van der Waals surface area contributed by atoms with E-state index in [0.29, 0.717) is 27.4 Å². The maximum Gasteiger partial charge on any atom is 0.334 e. The van der Waals surface area contributed by atoms with Gasteiger partial charge in [0.05, 0.1) is 11.0 Å². The Morgan fingerprint density at radius 3 is 2.82 bits per heavy atom. The van der Waals surface area contributed by atoms with E-state index >= 15 is 0 Å². The number of nitrogen functional groups attached to an aromatic ring is 1. The molecule has 0 spiro atoms. The molecule has 6 nitrogen and oxygen atoms in total. The smallest absolute Gasteiger partial charge is 0.334 e. The highest BCUT2D eigenvalue weighted by Gasteiger charge is 2.15. The van der Waals surface area contributed by atoms with Gasteiger partial charge in [0.15, 0.2) is 0 Å². The lowest BCUT2D eigenvalue weighted by Crippen LogP contribution is -2.29. The Kier molecular flexibility index (Phi) is 3.38. The molecule has 3 aromatic rings. The van der Waals surface area contributed by atoms with E-state index in [0.717, 1.165) is 10.1 Å².